The standard InChI is InChI=1S/C18H20N4O/c1-12-8-13(9-14-4-2-5-19-17(12)14)11-20-15-10-16(23)18(15)22-7-3-6-21-22/h2-9,15-16,18,20,23H,10-11H2,1H3/t15-,16+,18+/m0/s1. The van der Waals surface area contributed by atoms with E-state index in [-0.39, 0.29) is 18.2 Å². The molecule has 2 heterocycles. The summed E-state index contributed by atoms with van der Waals surface area (Å²) in [6.45, 7) is 2.87. The summed E-state index contributed by atoms with van der Waals surface area (Å²) in [7, 11) is 0. The number of nitrogens with zero attached hydrogens (tertiary/aromatic N) is 3. The molecule has 0 bridgehead atoms. The third-order valence-electron chi connectivity index (χ3n) is 4.66. The maximum absolute atomic E-state index is 10.0. The highest BCUT2D eigenvalue weighted by Crippen LogP contribution is 2.32. The van der Waals surface area contributed by atoms with E-state index in [1.54, 1.807) is 6.20 Å². The predicted molar refractivity (Wildman–Crippen MR) is 89.0 cm³/mol. The molecule has 3 aromatic rings. The Morgan fingerprint density at radius 2 is 2.22 bits per heavy atom. The molecule has 5 heteroatoms. The van der Waals surface area contributed by atoms with Gasteiger partial charge in [0.15, 0.2) is 0 Å². The molecule has 1 aliphatic rings. The number of rotatable bonds is 4. The van der Waals surface area contributed by atoms with E-state index < -0.39 is 0 Å². The van der Waals surface area contributed by atoms with Gasteiger partial charge < -0.3 is 10.4 Å². The Morgan fingerprint density at radius 3 is 3.00 bits per heavy atom. The Hall–Kier alpha value is -2.24. The van der Waals surface area contributed by atoms with E-state index in [1.807, 2.05) is 29.2 Å². The van der Waals surface area contributed by atoms with Gasteiger partial charge in [0.2, 0.25) is 0 Å². The van der Waals surface area contributed by atoms with E-state index in [4.69, 9.17) is 0 Å². The molecule has 1 saturated carbocycles. The Kier molecular flexibility index (Phi) is 3.59. The molecule has 0 unspecified atom stereocenters. The lowest BCUT2D eigenvalue weighted by molar-refractivity contribution is -0.00821. The van der Waals surface area contributed by atoms with Gasteiger partial charge in [-0.25, -0.2) is 0 Å². The molecule has 1 aliphatic carbocycles. The first kappa shape index (κ1) is 14.4. The number of aryl methyl sites for hydroxylation is 1. The molecule has 0 aliphatic heterocycles. The molecule has 0 spiro atoms. The normalized spacial score (nSPS) is 23.8. The highest BCUT2D eigenvalue weighted by Gasteiger charge is 2.41. The van der Waals surface area contributed by atoms with Crippen LogP contribution in [-0.4, -0.2) is 32.0 Å². The maximum atomic E-state index is 10.0. The minimum Gasteiger partial charge on any atom is -0.391 e. The number of hydrogen-bond donors (Lipinski definition) is 2. The average Bonchev–Trinajstić information content (AvgIpc) is 3.04. The lowest BCUT2D eigenvalue weighted by atomic mass is 9.83. The lowest BCUT2D eigenvalue weighted by Gasteiger charge is -2.42. The SMILES string of the molecule is Cc1cc(CN[C@H]2C[C@@H](O)[C@@H]2n2cccn2)cc2cccnc12. The molecular weight excluding hydrogens is 288 g/mol. The summed E-state index contributed by atoms with van der Waals surface area (Å²) in [6.07, 6.45) is 5.93. The first-order chi connectivity index (χ1) is 11.2. The van der Waals surface area contributed by atoms with Gasteiger partial charge in [0.1, 0.15) is 0 Å². The van der Waals surface area contributed by atoms with Crippen molar-refractivity contribution in [3.8, 4) is 0 Å². The third kappa shape index (κ3) is 2.62. The minimum atomic E-state index is -0.324. The largest absolute Gasteiger partial charge is 0.391 e. The first-order valence-corrected chi connectivity index (χ1v) is 7.97. The van der Waals surface area contributed by atoms with Crippen LogP contribution >= 0.6 is 0 Å². The topological polar surface area (TPSA) is 63.0 Å². The number of hydrogen-bond acceptors (Lipinski definition) is 4. The highest BCUT2D eigenvalue weighted by atomic mass is 16.3. The Labute approximate surface area is 135 Å². The summed E-state index contributed by atoms with van der Waals surface area (Å²) in [4.78, 5) is 4.44. The molecule has 3 atom stereocenters. The third-order valence-corrected chi connectivity index (χ3v) is 4.66. The molecular formula is C18H20N4O. The van der Waals surface area contributed by atoms with E-state index in [2.05, 4.69) is 40.5 Å². The van der Waals surface area contributed by atoms with Crippen molar-refractivity contribution < 1.29 is 5.11 Å². The van der Waals surface area contributed by atoms with Gasteiger partial charge in [-0.15, -0.1) is 0 Å². The van der Waals surface area contributed by atoms with Crippen molar-refractivity contribution in [3.05, 3.63) is 60.0 Å². The summed E-state index contributed by atoms with van der Waals surface area (Å²) in [5, 5.41) is 19.0. The van der Waals surface area contributed by atoms with Gasteiger partial charge in [0, 0.05) is 36.6 Å². The minimum absolute atomic E-state index is 0.0215. The van der Waals surface area contributed by atoms with Gasteiger partial charge >= 0.3 is 0 Å². The molecule has 2 N–H and O–H groups in total. The fraction of sp³-hybridized carbons (Fsp3) is 0.333. The molecule has 1 fully saturated rings. The van der Waals surface area contributed by atoms with E-state index in [1.165, 1.54) is 16.5 Å². The summed E-state index contributed by atoms with van der Waals surface area (Å²) >= 11 is 0. The van der Waals surface area contributed by atoms with Crippen LogP contribution in [0, 0.1) is 6.92 Å². The van der Waals surface area contributed by atoms with Crippen molar-refractivity contribution in [2.24, 2.45) is 0 Å². The van der Waals surface area contributed by atoms with Crippen LogP contribution in [0.1, 0.15) is 23.6 Å². The zero-order valence-corrected chi connectivity index (χ0v) is 13.1. The Bertz CT molecular complexity index is 815. The van der Waals surface area contributed by atoms with Crippen molar-refractivity contribution in [1.82, 2.24) is 20.1 Å². The number of aliphatic hydroxyl groups is 1. The van der Waals surface area contributed by atoms with Crippen LogP contribution in [0.5, 0.6) is 0 Å². The van der Waals surface area contributed by atoms with Crippen LogP contribution in [0.2, 0.25) is 0 Å². The molecule has 0 radical (unpaired) electrons. The molecule has 118 valence electrons. The number of pyridine rings is 1. The van der Waals surface area contributed by atoms with Crippen LogP contribution in [0.15, 0.2) is 48.9 Å². The molecule has 4 rings (SSSR count). The van der Waals surface area contributed by atoms with Gasteiger partial charge in [-0.05, 0) is 42.7 Å². The second-order valence-electron chi connectivity index (χ2n) is 6.25. The summed E-state index contributed by atoms with van der Waals surface area (Å²) in [5.74, 6) is 0. The summed E-state index contributed by atoms with van der Waals surface area (Å²) in [6, 6.07) is 10.6. The fourth-order valence-corrected chi connectivity index (χ4v) is 3.44. The lowest BCUT2D eigenvalue weighted by Crippen LogP contribution is -2.54. The van der Waals surface area contributed by atoms with Crippen molar-refractivity contribution in [2.45, 2.75) is 38.1 Å². The first-order valence-electron chi connectivity index (χ1n) is 7.97. The molecule has 2 aromatic heterocycles. The zero-order valence-electron chi connectivity index (χ0n) is 13.1. The molecule has 23 heavy (non-hydrogen) atoms. The summed E-state index contributed by atoms with van der Waals surface area (Å²) < 4.78 is 1.85. The molecule has 0 saturated heterocycles. The maximum Gasteiger partial charge on any atom is 0.0932 e. The van der Waals surface area contributed by atoms with Crippen molar-refractivity contribution >= 4 is 10.9 Å². The second-order valence-corrected chi connectivity index (χ2v) is 6.25. The number of benzene rings is 1. The quantitative estimate of drug-likeness (QED) is 0.775. The molecule has 0 amide bonds. The Balaban J connectivity index is 1.49. The van der Waals surface area contributed by atoms with Gasteiger partial charge in [0.25, 0.3) is 0 Å². The van der Waals surface area contributed by atoms with Gasteiger partial charge in [-0.2, -0.15) is 5.10 Å². The smallest absolute Gasteiger partial charge is 0.0932 e. The van der Waals surface area contributed by atoms with Crippen molar-refractivity contribution in [2.75, 3.05) is 0 Å². The monoisotopic (exact) mass is 308 g/mol. The number of fused-ring (bicyclic) bond motifs is 1. The zero-order chi connectivity index (χ0) is 15.8. The van der Waals surface area contributed by atoms with Gasteiger partial charge in [-0.3, -0.25) is 9.67 Å². The highest BCUT2D eigenvalue weighted by molar-refractivity contribution is 5.82. The van der Waals surface area contributed by atoms with E-state index in [9.17, 15) is 5.11 Å². The van der Waals surface area contributed by atoms with Gasteiger partial charge in [0.05, 0.1) is 17.7 Å². The van der Waals surface area contributed by atoms with Crippen molar-refractivity contribution in [3.63, 3.8) is 0 Å². The predicted octanol–water partition coefficient (Wildman–Crippen LogP) is 2.20. The van der Waals surface area contributed by atoms with Crippen LogP contribution < -0.4 is 5.32 Å². The summed E-state index contributed by atoms with van der Waals surface area (Å²) in [5.41, 5.74) is 3.49. The van der Waals surface area contributed by atoms with Crippen LogP contribution in [0.4, 0.5) is 0 Å². The van der Waals surface area contributed by atoms with E-state index in [0.29, 0.717) is 0 Å². The van der Waals surface area contributed by atoms with E-state index >= 15 is 0 Å². The van der Waals surface area contributed by atoms with Crippen LogP contribution in [0.25, 0.3) is 10.9 Å². The Morgan fingerprint density at radius 1 is 1.30 bits per heavy atom. The van der Waals surface area contributed by atoms with Gasteiger partial charge in [-0.1, -0.05) is 12.1 Å². The molecule has 1 aromatic carbocycles. The van der Waals surface area contributed by atoms with Crippen LogP contribution in [0.3, 0.4) is 0 Å². The number of aliphatic hydroxyl groups excluding tert-OH is 1. The van der Waals surface area contributed by atoms with Crippen LogP contribution in [-0.2, 0) is 6.54 Å². The number of aromatic nitrogens is 3. The fourth-order valence-electron chi connectivity index (χ4n) is 3.44. The second kappa shape index (κ2) is 5.76. The molecule has 5 nitrogen and oxygen atoms in total. The van der Waals surface area contributed by atoms with Crippen molar-refractivity contribution in [1.29, 1.82) is 0 Å². The van der Waals surface area contributed by atoms with E-state index in [0.717, 1.165) is 18.5 Å². The number of nitrogens with one attached hydrogen (secondary N) is 1. The average molecular weight is 308 g/mol.